The monoisotopic (exact) mass is 352 g/mol. The van der Waals surface area contributed by atoms with Crippen LogP contribution in [0.5, 0.6) is 0 Å². The number of ether oxygens (including phenoxy) is 2. The molecular weight excluding hydrogens is 320 g/mol. The van der Waals surface area contributed by atoms with Crippen molar-refractivity contribution in [2.45, 2.75) is 71.8 Å². The molecule has 0 aliphatic heterocycles. The topological polar surface area (TPSA) is 72.8 Å². The number of carboxylic acids is 1. The van der Waals surface area contributed by atoms with Gasteiger partial charge in [0.2, 0.25) is 0 Å². The van der Waals surface area contributed by atoms with Crippen LogP contribution in [0.1, 0.15) is 65.7 Å². The summed E-state index contributed by atoms with van der Waals surface area (Å²) in [6, 6.07) is 0. The predicted molar refractivity (Wildman–Crippen MR) is 99.2 cm³/mol. The Morgan fingerprint density at radius 1 is 1.08 bits per heavy atom. The zero-order chi connectivity index (χ0) is 18.9. The van der Waals surface area contributed by atoms with Crippen molar-refractivity contribution in [3.05, 3.63) is 36.1 Å². The van der Waals surface area contributed by atoms with Crippen molar-refractivity contribution < 1.29 is 24.2 Å². The van der Waals surface area contributed by atoms with Gasteiger partial charge in [-0.25, -0.2) is 9.59 Å². The third-order valence-corrected chi connectivity index (χ3v) is 3.52. The highest BCUT2D eigenvalue weighted by molar-refractivity contribution is 5.90. The molecule has 0 rings (SSSR count). The lowest BCUT2D eigenvalue weighted by molar-refractivity contribution is -0.143. The third-order valence-electron chi connectivity index (χ3n) is 3.52. The van der Waals surface area contributed by atoms with Gasteiger partial charge in [-0.1, -0.05) is 46.1 Å². The molecule has 0 fully saturated rings. The lowest BCUT2D eigenvalue weighted by atomic mass is 10.1. The van der Waals surface area contributed by atoms with Gasteiger partial charge in [0.05, 0.1) is 6.26 Å². The Morgan fingerprint density at radius 2 is 1.80 bits per heavy atom. The Kier molecular flexibility index (Phi) is 14.2. The van der Waals surface area contributed by atoms with Gasteiger partial charge in [0.15, 0.2) is 6.10 Å². The summed E-state index contributed by atoms with van der Waals surface area (Å²) < 4.78 is 10.8. The van der Waals surface area contributed by atoms with Gasteiger partial charge in [-0.15, -0.1) is 0 Å². The van der Waals surface area contributed by atoms with Crippen LogP contribution in [0.3, 0.4) is 0 Å². The molecule has 0 aliphatic rings. The average Bonchev–Trinajstić information content (AvgIpc) is 2.59. The third kappa shape index (κ3) is 14.0. The highest BCUT2D eigenvalue weighted by Gasteiger charge is 2.10. The molecule has 0 aromatic heterocycles. The van der Waals surface area contributed by atoms with E-state index in [0.717, 1.165) is 57.1 Å². The number of esters is 1. The fourth-order valence-corrected chi connectivity index (χ4v) is 2.01. The molecule has 142 valence electrons. The SMILES string of the molecule is CCCCC=CC(COC=C(CC)CCCC)OC(=O)/C=C/C(=O)O. The summed E-state index contributed by atoms with van der Waals surface area (Å²) in [6.45, 7) is 6.56. The number of hydrogen-bond acceptors (Lipinski definition) is 4. The summed E-state index contributed by atoms with van der Waals surface area (Å²) in [5, 5.41) is 8.56. The van der Waals surface area contributed by atoms with Crippen LogP contribution in [0.4, 0.5) is 0 Å². The minimum Gasteiger partial charge on any atom is -0.497 e. The number of hydrogen-bond donors (Lipinski definition) is 1. The molecule has 0 saturated heterocycles. The largest absolute Gasteiger partial charge is 0.497 e. The van der Waals surface area contributed by atoms with Crippen LogP contribution >= 0.6 is 0 Å². The standard InChI is InChI=1S/C20H32O5/c1-4-7-9-10-12-18(25-20(23)14-13-19(21)22)16-24-15-17(6-3)11-8-5-2/h10,12-15,18H,4-9,11,16H2,1-3H3,(H,21,22)/b12-10?,14-13+,17-15?. The summed E-state index contributed by atoms with van der Waals surface area (Å²) in [5.74, 6) is -1.88. The van der Waals surface area contributed by atoms with Gasteiger partial charge >= 0.3 is 11.9 Å². The molecule has 1 N–H and O–H groups in total. The molecule has 0 spiro atoms. The summed E-state index contributed by atoms with van der Waals surface area (Å²) in [5.41, 5.74) is 1.23. The Bertz CT molecular complexity index is 463. The molecule has 0 bridgehead atoms. The fraction of sp³-hybridized carbons (Fsp3) is 0.600. The van der Waals surface area contributed by atoms with Gasteiger partial charge in [0.1, 0.15) is 6.61 Å². The Morgan fingerprint density at radius 3 is 2.40 bits per heavy atom. The van der Waals surface area contributed by atoms with E-state index in [-0.39, 0.29) is 6.61 Å². The van der Waals surface area contributed by atoms with Crippen molar-refractivity contribution in [3.63, 3.8) is 0 Å². The Hall–Kier alpha value is -2.04. The molecule has 0 aromatic rings. The van der Waals surface area contributed by atoms with Crippen LogP contribution in [0, 0.1) is 0 Å². The van der Waals surface area contributed by atoms with Gasteiger partial charge in [0, 0.05) is 12.2 Å². The molecule has 0 heterocycles. The van der Waals surface area contributed by atoms with Crippen molar-refractivity contribution in [1.82, 2.24) is 0 Å². The Labute approximate surface area is 151 Å². The number of aliphatic carboxylic acids is 1. The second-order valence-electron chi connectivity index (χ2n) is 5.78. The van der Waals surface area contributed by atoms with E-state index in [1.54, 1.807) is 12.3 Å². The molecule has 25 heavy (non-hydrogen) atoms. The minimum absolute atomic E-state index is 0.213. The first-order valence-electron chi connectivity index (χ1n) is 9.11. The first kappa shape index (κ1) is 23.0. The van der Waals surface area contributed by atoms with E-state index in [2.05, 4.69) is 20.8 Å². The molecule has 0 aromatic carbocycles. The van der Waals surface area contributed by atoms with E-state index >= 15 is 0 Å². The highest BCUT2D eigenvalue weighted by Crippen LogP contribution is 2.11. The zero-order valence-electron chi connectivity index (χ0n) is 15.7. The van der Waals surface area contributed by atoms with E-state index in [1.165, 1.54) is 5.57 Å². The molecule has 1 unspecified atom stereocenters. The van der Waals surface area contributed by atoms with Gasteiger partial charge in [-0.3, -0.25) is 0 Å². The van der Waals surface area contributed by atoms with Crippen LogP contribution < -0.4 is 0 Å². The lowest BCUT2D eigenvalue weighted by Gasteiger charge is -2.14. The fourth-order valence-electron chi connectivity index (χ4n) is 2.01. The normalized spacial score (nSPS) is 13.3. The molecule has 5 nitrogen and oxygen atoms in total. The van der Waals surface area contributed by atoms with Crippen molar-refractivity contribution in [2.75, 3.05) is 6.61 Å². The van der Waals surface area contributed by atoms with Crippen molar-refractivity contribution >= 4 is 11.9 Å². The smallest absolute Gasteiger partial charge is 0.331 e. The van der Waals surface area contributed by atoms with Gasteiger partial charge in [-0.2, -0.15) is 0 Å². The molecule has 0 saturated carbocycles. The van der Waals surface area contributed by atoms with Crippen LogP contribution in [0.15, 0.2) is 36.1 Å². The first-order valence-corrected chi connectivity index (χ1v) is 9.11. The lowest BCUT2D eigenvalue weighted by Crippen LogP contribution is -2.20. The average molecular weight is 352 g/mol. The van der Waals surface area contributed by atoms with Crippen molar-refractivity contribution in [1.29, 1.82) is 0 Å². The van der Waals surface area contributed by atoms with Crippen LogP contribution in [0.25, 0.3) is 0 Å². The van der Waals surface area contributed by atoms with Crippen molar-refractivity contribution in [3.8, 4) is 0 Å². The number of rotatable bonds is 14. The van der Waals surface area contributed by atoms with E-state index < -0.39 is 18.0 Å². The highest BCUT2D eigenvalue weighted by atomic mass is 16.6. The zero-order valence-corrected chi connectivity index (χ0v) is 15.7. The number of unbranched alkanes of at least 4 members (excludes halogenated alkanes) is 3. The second-order valence-corrected chi connectivity index (χ2v) is 5.78. The summed E-state index contributed by atoms with van der Waals surface area (Å²) >= 11 is 0. The molecule has 5 heteroatoms. The van der Waals surface area contributed by atoms with E-state index in [1.807, 2.05) is 6.08 Å². The van der Waals surface area contributed by atoms with Gasteiger partial charge in [-0.05, 0) is 37.3 Å². The molecule has 0 radical (unpaired) electrons. The van der Waals surface area contributed by atoms with Crippen molar-refractivity contribution in [2.24, 2.45) is 0 Å². The molecular formula is C20H32O5. The summed E-state index contributed by atoms with van der Waals surface area (Å²) in [7, 11) is 0. The summed E-state index contributed by atoms with van der Waals surface area (Å²) in [4.78, 5) is 22.1. The number of allylic oxidation sites excluding steroid dienone is 2. The predicted octanol–water partition coefficient (Wildman–Crippen LogP) is 4.79. The van der Waals surface area contributed by atoms with Crippen LogP contribution in [-0.2, 0) is 19.1 Å². The van der Waals surface area contributed by atoms with Crippen LogP contribution in [0.2, 0.25) is 0 Å². The van der Waals surface area contributed by atoms with Crippen LogP contribution in [-0.4, -0.2) is 29.8 Å². The maximum atomic E-state index is 11.7. The molecule has 0 aliphatic carbocycles. The summed E-state index contributed by atoms with van der Waals surface area (Å²) in [6.07, 6.45) is 13.9. The number of carbonyl (C=O) groups excluding carboxylic acids is 1. The quantitative estimate of drug-likeness (QED) is 0.160. The molecule has 0 amide bonds. The van der Waals surface area contributed by atoms with Gasteiger partial charge in [0.25, 0.3) is 0 Å². The maximum absolute atomic E-state index is 11.7. The molecule has 1 atom stereocenters. The maximum Gasteiger partial charge on any atom is 0.331 e. The minimum atomic E-state index is -1.19. The van der Waals surface area contributed by atoms with E-state index in [9.17, 15) is 9.59 Å². The Balaban J connectivity index is 4.66. The van der Waals surface area contributed by atoms with E-state index in [0.29, 0.717) is 0 Å². The van der Waals surface area contributed by atoms with E-state index in [4.69, 9.17) is 14.6 Å². The first-order chi connectivity index (χ1) is 12.0. The number of carboxylic acid groups (broad SMARTS) is 1. The number of carbonyl (C=O) groups is 2. The van der Waals surface area contributed by atoms with Gasteiger partial charge < -0.3 is 14.6 Å². The second kappa shape index (κ2) is 15.5.